The second-order valence-corrected chi connectivity index (χ2v) is 5.70. The quantitative estimate of drug-likeness (QED) is 0.632. The summed E-state index contributed by atoms with van der Waals surface area (Å²) < 4.78 is 0. The van der Waals surface area contributed by atoms with Crippen LogP contribution in [-0.2, 0) is 6.42 Å². The summed E-state index contributed by atoms with van der Waals surface area (Å²) in [6.45, 7) is 2.15. The summed E-state index contributed by atoms with van der Waals surface area (Å²) in [6, 6.07) is 4.58. The molecule has 0 radical (unpaired) electrons. The molecular formula is C13H20N2S. The van der Waals surface area contributed by atoms with Crippen LogP contribution >= 0.6 is 11.3 Å². The first-order valence-electron chi connectivity index (χ1n) is 6.11. The van der Waals surface area contributed by atoms with E-state index in [0.29, 0.717) is 12.0 Å². The van der Waals surface area contributed by atoms with Gasteiger partial charge in [-0.3, -0.25) is 4.99 Å². The Hall–Kier alpha value is -0.830. The Kier molecular flexibility index (Phi) is 3.99. The van der Waals surface area contributed by atoms with Crippen LogP contribution in [0, 0.1) is 5.92 Å². The van der Waals surface area contributed by atoms with E-state index < -0.39 is 0 Å². The predicted octanol–water partition coefficient (Wildman–Crippen LogP) is 3.23. The van der Waals surface area contributed by atoms with Crippen LogP contribution in [0.3, 0.4) is 0 Å². The lowest BCUT2D eigenvalue weighted by molar-refractivity contribution is 0.685. The molecule has 1 saturated carbocycles. The average Bonchev–Trinajstić information content (AvgIpc) is 2.88. The second kappa shape index (κ2) is 5.48. The first-order chi connectivity index (χ1) is 7.75. The molecule has 2 nitrogen and oxygen atoms in total. The van der Waals surface area contributed by atoms with Crippen molar-refractivity contribution in [1.82, 2.24) is 0 Å². The van der Waals surface area contributed by atoms with Crippen molar-refractivity contribution in [2.75, 3.05) is 0 Å². The van der Waals surface area contributed by atoms with Gasteiger partial charge in [-0.2, -0.15) is 0 Å². The smallest absolute Gasteiger partial charge is 0.0971 e. The zero-order chi connectivity index (χ0) is 11.4. The van der Waals surface area contributed by atoms with Gasteiger partial charge in [0, 0.05) is 17.2 Å². The Morgan fingerprint density at radius 3 is 2.94 bits per heavy atom. The van der Waals surface area contributed by atoms with Crippen molar-refractivity contribution in [3.8, 4) is 0 Å². The van der Waals surface area contributed by atoms with Gasteiger partial charge >= 0.3 is 0 Å². The molecule has 1 aromatic heterocycles. The van der Waals surface area contributed by atoms with E-state index in [1.165, 1.54) is 30.6 Å². The van der Waals surface area contributed by atoms with Gasteiger partial charge in [0.25, 0.3) is 0 Å². The molecule has 2 N–H and O–H groups in total. The minimum absolute atomic E-state index is 0.319. The fourth-order valence-corrected chi connectivity index (χ4v) is 3.17. The molecule has 0 aromatic carbocycles. The van der Waals surface area contributed by atoms with Crippen LogP contribution < -0.4 is 5.73 Å². The zero-order valence-corrected chi connectivity index (χ0v) is 10.7. The van der Waals surface area contributed by atoms with Crippen LogP contribution in [0.2, 0.25) is 0 Å². The SMILES string of the molecule is CC(Cc1cccs1)N=C(N)C1CCCC1. The lowest BCUT2D eigenvalue weighted by atomic mass is 10.1. The maximum atomic E-state index is 6.06. The Morgan fingerprint density at radius 2 is 2.31 bits per heavy atom. The van der Waals surface area contributed by atoms with Gasteiger partial charge in [-0.1, -0.05) is 18.9 Å². The molecule has 1 aliphatic rings. The Morgan fingerprint density at radius 1 is 1.56 bits per heavy atom. The van der Waals surface area contributed by atoms with Gasteiger partial charge in [-0.15, -0.1) is 11.3 Å². The normalized spacial score (nSPS) is 20.2. The Bertz CT molecular complexity index is 337. The van der Waals surface area contributed by atoms with Gasteiger partial charge < -0.3 is 5.73 Å². The van der Waals surface area contributed by atoms with E-state index in [1.54, 1.807) is 11.3 Å². The van der Waals surface area contributed by atoms with Crippen LogP contribution in [0.4, 0.5) is 0 Å². The molecule has 2 rings (SSSR count). The molecule has 1 aliphatic carbocycles. The molecular weight excluding hydrogens is 216 g/mol. The van der Waals surface area contributed by atoms with E-state index in [9.17, 15) is 0 Å². The molecule has 1 atom stereocenters. The highest BCUT2D eigenvalue weighted by Crippen LogP contribution is 2.25. The number of rotatable bonds is 4. The average molecular weight is 236 g/mol. The van der Waals surface area contributed by atoms with E-state index >= 15 is 0 Å². The molecule has 1 aromatic rings. The molecule has 0 aliphatic heterocycles. The molecule has 0 spiro atoms. The molecule has 0 amide bonds. The summed E-state index contributed by atoms with van der Waals surface area (Å²) in [5.74, 6) is 1.45. The van der Waals surface area contributed by atoms with Crippen LogP contribution in [0.25, 0.3) is 0 Å². The van der Waals surface area contributed by atoms with Gasteiger partial charge in [0.15, 0.2) is 0 Å². The van der Waals surface area contributed by atoms with E-state index in [0.717, 1.165) is 12.3 Å². The third kappa shape index (κ3) is 3.08. The van der Waals surface area contributed by atoms with Gasteiger partial charge in [-0.25, -0.2) is 0 Å². The summed E-state index contributed by atoms with van der Waals surface area (Å²) >= 11 is 1.80. The molecule has 0 saturated heterocycles. The van der Waals surface area contributed by atoms with Crippen molar-refractivity contribution in [3.05, 3.63) is 22.4 Å². The molecule has 1 unspecified atom stereocenters. The zero-order valence-electron chi connectivity index (χ0n) is 9.86. The molecule has 16 heavy (non-hydrogen) atoms. The maximum Gasteiger partial charge on any atom is 0.0971 e. The van der Waals surface area contributed by atoms with Crippen molar-refractivity contribution in [1.29, 1.82) is 0 Å². The van der Waals surface area contributed by atoms with Crippen molar-refractivity contribution in [2.24, 2.45) is 16.6 Å². The van der Waals surface area contributed by atoms with Crippen LogP contribution in [0.5, 0.6) is 0 Å². The van der Waals surface area contributed by atoms with Crippen LogP contribution in [0.1, 0.15) is 37.5 Å². The van der Waals surface area contributed by atoms with Crippen molar-refractivity contribution < 1.29 is 0 Å². The monoisotopic (exact) mass is 236 g/mol. The first kappa shape index (κ1) is 11.6. The summed E-state index contributed by atoms with van der Waals surface area (Å²) in [5.41, 5.74) is 6.06. The van der Waals surface area contributed by atoms with Gasteiger partial charge in [0.05, 0.1) is 11.9 Å². The molecule has 0 bridgehead atoms. The first-order valence-corrected chi connectivity index (χ1v) is 6.99. The summed E-state index contributed by atoms with van der Waals surface area (Å²) in [4.78, 5) is 6.03. The summed E-state index contributed by atoms with van der Waals surface area (Å²) in [5, 5.41) is 2.12. The highest BCUT2D eigenvalue weighted by molar-refractivity contribution is 7.09. The summed E-state index contributed by atoms with van der Waals surface area (Å²) in [7, 11) is 0. The maximum absolute atomic E-state index is 6.06. The van der Waals surface area contributed by atoms with Crippen molar-refractivity contribution in [2.45, 2.75) is 45.1 Å². The van der Waals surface area contributed by atoms with Crippen molar-refractivity contribution in [3.63, 3.8) is 0 Å². The minimum Gasteiger partial charge on any atom is -0.387 e. The Labute approximate surface area is 102 Å². The number of thiophene rings is 1. The number of hydrogen-bond acceptors (Lipinski definition) is 2. The topological polar surface area (TPSA) is 38.4 Å². The molecule has 1 fully saturated rings. The largest absolute Gasteiger partial charge is 0.387 e. The number of nitrogens with two attached hydrogens (primary N) is 1. The van der Waals surface area contributed by atoms with E-state index in [1.807, 2.05) is 0 Å². The number of hydrogen-bond donors (Lipinski definition) is 1. The number of aliphatic imine (C=N–C) groups is 1. The van der Waals surface area contributed by atoms with Gasteiger partial charge in [0.1, 0.15) is 0 Å². The van der Waals surface area contributed by atoms with E-state index in [4.69, 9.17) is 5.73 Å². The number of amidine groups is 1. The second-order valence-electron chi connectivity index (χ2n) is 4.67. The van der Waals surface area contributed by atoms with E-state index in [-0.39, 0.29) is 0 Å². The van der Waals surface area contributed by atoms with Crippen LogP contribution in [-0.4, -0.2) is 11.9 Å². The lowest BCUT2D eigenvalue weighted by Crippen LogP contribution is -2.23. The summed E-state index contributed by atoms with van der Waals surface area (Å²) in [6.07, 6.45) is 6.13. The van der Waals surface area contributed by atoms with Crippen molar-refractivity contribution >= 4 is 17.2 Å². The lowest BCUT2D eigenvalue weighted by Gasteiger charge is -2.11. The van der Waals surface area contributed by atoms with E-state index in [2.05, 4.69) is 29.4 Å². The Balaban J connectivity index is 1.89. The van der Waals surface area contributed by atoms with Crippen LogP contribution in [0.15, 0.2) is 22.5 Å². The third-order valence-electron chi connectivity index (χ3n) is 3.22. The number of nitrogens with zero attached hydrogens (tertiary/aromatic N) is 1. The molecule has 1 heterocycles. The fraction of sp³-hybridized carbons (Fsp3) is 0.615. The predicted molar refractivity (Wildman–Crippen MR) is 71.1 cm³/mol. The fourth-order valence-electron chi connectivity index (χ4n) is 2.35. The highest BCUT2D eigenvalue weighted by Gasteiger charge is 2.19. The molecule has 3 heteroatoms. The third-order valence-corrected chi connectivity index (χ3v) is 4.12. The van der Waals surface area contributed by atoms with Gasteiger partial charge in [0.2, 0.25) is 0 Å². The van der Waals surface area contributed by atoms with Gasteiger partial charge in [-0.05, 0) is 31.2 Å². The highest BCUT2D eigenvalue weighted by atomic mass is 32.1. The standard InChI is InChI=1S/C13H20N2S/c1-10(9-12-7-4-8-16-12)15-13(14)11-5-2-3-6-11/h4,7-8,10-11H,2-3,5-6,9H2,1H3,(H2,14,15). The minimum atomic E-state index is 0.319. The molecule has 88 valence electrons.